The molecule has 0 bridgehead atoms. The summed E-state index contributed by atoms with van der Waals surface area (Å²) in [7, 11) is 0. The topological polar surface area (TPSA) is 64.0 Å². The number of carbonyl (C=O) groups excluding carboxylic acids is 1. The van der Waals surface area contributed by atoms with Gasteiger partial charge in [-0.1, -0.05) is 42.3 Å². The molecule has 2 aliphatic rings. The van der Waals surface area contributed by atoms with Crippen molar-refractivity contribution in [3.63, 3.8) is 0 Å². The van der Waals surface area contributed by atoms with Crippen LogP contribution in [0.15, 0.2) is 57.4 Å². The summed E-state index contributed by atoms with van der Waals surface area (Å²) in [5.41, 5.74) is 4.14. The summed E-state index contributed by atoms with van der Waals surface area (Å²) in [6.07, 6.45) is 4.37. The Morgan fingerprint density at radius 1 is 1.18 bits per heavy atom. The van der Waals surface area contributed by atoms with Crippen LogP contribution >= 0.6 is 23.5 Å². The average molecular weight is 496 g/mol. The highest BCUT2D eigenvalue weighted by atomic mass is 32.2. The second kappa shape index (κ2) is 9.58. The summed E-state index contributed by atoms with van der Waals surface area (Å²) in [4.78, 5) is 31.3. The fourth-order valence-corrected chi connectivity index (χ4v) is 7.18. The van der Waals surface area contributed by atoms with Crippen LogP contribution in [0, 0.1) is 19.7 Å². The first-order valence-corrected chi connectivity index (χ1v) is 13.4. The lowest BCUT2D eigenvalue weighted by molar-refractivity contribution is -0.113. The molecule has 1 aromatic heterocycles. The summed E-state index contributed by atoms with van der Waals surface area (Å²) in [5.74, 6) is -0.209. The Balaban J connectivity index is 1.46. The quantitative estimate of drug-likeness (QED) is 0.273. The normalized spacial score (nSPS) is 18.9. The molecule has 2 atom stereocenters. The van der Waals surface area contributed by atoms with E-state index in [1.54, 1.807) is 28.5 Å². The first-order valence-electron chi connectivity index (χ1n) is 11.5. The molecule has 2 aromatic carbocycles. The predicted octanol–water partition coefficient (Wildman–Crippen LogP) is 5.85. The van der Waals surface area contributed by atoms with Crippen LogP contribution in [0.3, 0.4) is 0 Å². The Morgan fingerprint density at radius 3 is 2.71 bits per heavy atom. The lowest BCUT2D eigenvalue weighted by Gasteiger charge is -2.24. The van der Waals surface area contributed by atoms with Crippen LogP contribution in [0.2, 0.25) is 0 Å². The van der Waals surface area contributed by atoms with Crippen LogP contribution in [0.1, 0.15) is 48.3 Å². The number of thioether (sulfide) groups is 2. The van der Waals surface area contributed by atoms with Crippen molar-refractivity contribution in [2.75, 3.05) is 11.1 Å². The van der Waals surface area contributed by atoms with Gasteiger partial charge < -0.3 is 5.32 Å². The van der Waals surface area contributed by atoms with Gasteiger partial charge in [-0.2, -0.15) is 0 Å². The molecule has 1 saturated carbocycles. The number of amides is 1. The van der Waals surface area contributed by atoms with E-state index in [2.05, 4.69) is 5.32 Å². The van der Waals surface area contributed by atoms with Gasteiger partial charge in [-0.25, -0.2) is 9.37 Å². The summed E-state index contributed by atoms with van der Waals surface area (Å²) in [5, 5.41) is 4.59. The Kier molecular flexibility index (Phi) is 6.53. The molecule has 5 rings (SSSR count). The highest BCUT2D eigenvalue weighted by Crippen LogP contribution is 2.50. The Hall–Kier alpha value is -2.58. The molecule has 176 valence electrons. The second-order valence-electron chi connectivity index (χ2n) is 8.93. The number of aryl methyl sites for hydroxylation is 2. The number of hydrogen-bond donors (Lipinski definition) is 1. The number of carbonyl (C=O) groups is 1. The van der Waals surface area contributed by atoms with Crippen LogP contribution < -0.4 is 10.9 Å². The van der Waals surface area contributed by atoms with E-state index in [-0.39, 0.29) is 29.0 Å². The third-order valence-electron chi connectivity index (χ3n) is 6.46. The van der Waals surface area contributed by atoms with Gasteiger partial charge in [0.1, 0.15) is 10.8 Å². The Morgan fingerprint density at radius 2 is 1.94 bits per heavy atom. The Bertz CT molecular complexity index is 1310. The van der Waals surface area contributed by atoms with Gasteiger partial charge in [0.05, 0.1) is 17.0 Å². The van der Waals surface area contributed by atoms with Crippen LogP contribution in [-0.4, -0.2) is 26.5 Å². The van der Waals surface area contributed by atoms with Crippen LogP contribution in [0.5, 0.6) is 0 Å². The van der Waals surface area contributed by atoms with E-state index in [9.17, 15) is 14.0 Å². The van der Waals surface area contributed by atoms with Gasteiger partial charge >= 0.3 is 0 Å². The molecule has 1 aliphatic heterocycles. The minimum Gasteiger partial charge on any atom is -0.325 e. The molecule has 1 N–H and O–H groups in total. The number of benzene rings is 2. The molecule has 0 spiro atoms. The SMILES string of the molecule is Cc1ccc(NC(=O)CSc2nc3c(c(=O)n2-c2ccc(F)cc2)[C@H]2CCCC[C@H]2S3)c(C)c1. The van der Waals surface area contributed by atoms with Crippen molar-refractivity contribution in [1.82, 2.24) is 9.55 Å². The largest absolute Gasteiger partial charge is 0.325 e. The minimum atomic E-state index is -0.365. The molecular formula is C26H26FN3O2S2. The number of fused-ring (bicyclic) bond motifs is 3. The summed E-state index contributed by atoms with van der Waals surface area (Å²) >= 11 is 2.93. The number of anilines is 1. The van der Waals surface area contributed by atoms with Gasteiger partial charge in [-0.15, -0.1) is 11.8 Å². The van der Waals surface area contributed by atoms with Gasteiger partial charge in [0.25, 0.3) is 5.56 Å². The molecule has 0 unspecified atom stereocenters. The van der Waals surface area contributed by atoms with Crippen molar-refractivity contribution in [3.05, 3.63) is 75.3 Å². The maximum atomic E-state index is 13.7. The van der Waals surface area contributed by atoms with Crippen LogP contribution in [-0.2, 0) is 4.79 Å². The van der Waals surface area contributed by atoms with Crippen molar-refractivity contribution in [2.45, 2.75) is 60.9 Å². The smallest absolute Gasteiger partial charge is 0.263 e. The van der Waals surface area contributed by atoms with Gasteiger partial charge in [0.15, 0.2) is 5.16 Å². The van der Waals surface area contributed by atoms with Crippen molar-refractivity contribution < 1.29 is 9.18 Å². The molecule has 3 aromatic rings. The van der Waals surface area contributed by atoms with Crippen LogP contribution in [0.25, 0.3) is 5.69 Å². The standard InChI is InChI=1S/C26H26FN3O2S2/c1-15-7-12-20(16(2)13-15)28-22(31)14-33-26-29-24-23(19-5-3-4-6-21(19)34-24)25(32)30(26)18-10-8-17(27)9-11-18/h7-13,19,21H,3-6,14H2,1-2H3,(H,28,31)/t19-,21+/m0/s1. The summed E-state index contributed by atoms with van der Waals surface area (Å²) < 4.78 is 15.1. The van der Waals surface area contributed by atoms with Gasteiger partial charge in [0.2, 0.25) is 5.91 Å². The Labute approximate surface area is 206 Å². The molecule has 5 nitrogen and oxygen atoms in total. The van der Waals surface area contributed by atoms with Crippen molar-refractivity contribution in [2.24, 2.45) is 0 Å². The first-order chi connectivity index (χ1) is 16.4. The van der Waals surface area contributed by atoms with Crippen molar-refractivity contribution in [1.29, 1.82) is 0 Å². The van der Waals surface area contributed by atoms with E-state index in [4.69, 9.17) is 4.98 Å². The third kappa shape index (κ3) is 4.53. The van der Waals surface area contributed by atoms with Crippen LogP contribution in [0.4, 0.5) is 10.1 Å². The van der Waals surface area contributed by atoms with Gasteiger partial charge in [0, 0.05) is 16.9 Å². The fraction of sp³-hybridized carbons (Fsp3) is 0.346. The highest BCUT2D eigenvalue weighted by Gasteiger charge is 2.39. The summed E-state index contributed by atoms with van der Waals surface area (Å²) in [6, 6.07) is 11.7. The molecule has 2 heterocycles. The lowest BCUT2D eigenvalue weighted by atomic mass is 9.85. The van der Waals surface area contributed by atoms with E-state index < -0.39 is 0 Å². The number of hydrogen-bond acceptors (Lipinski definition) is 5. The zero-order chi connectivity index (χ0) is 23.8. The predicted molar refractivity (Wildman–Crippen MR) is 136 cm³/mol. The van der Waals surface area contributed by atoms with Gasteiger partial charge in [-0.3, -0.25) is 14.2 Å². The number of nitrogens with one attached hydrogen (secondary N) is 1. The number of nitrogens with zero attached hydrogens (tertiary/aromatic N) is 2. The maximum Gasteiger partial charge on any atom is 0.263 e. The molecule has 1 fully saturated rings. The molecule has 1 aliphatic carbocycles. The fourth-order valence-electron chi connectivity index (χ4n) is 4.80. The lowest BCUT2D eigenvalue weighted by Crippen LogP contribution is -2.29. The average Bonchev–Trinajstić information content (AvgIpc) is 3.19. The van der Waals surface area contributed by atoms with E-state index in [1.807, 2.05) is 32.0 Å². The van der Waals surface area contributed by atoms with E-state index >= 15 is 0 Å². The number of rotatable bonds is 5. The minimum absolute atomic E-state index is 0.101. The van der Waals surface area contributed by atoms with Gasteiger partial charge in [-0.05, 0) is 62.6 Å². The molecule has 0 saturated heterocycles. The molecule has 1 amide bonds. The molecular weight excluding hydrogens is 469 g/mol. The highest BCUT2D eigenvalue weighted by molar-refractivity contribution is 8.00. The van der Waals surface area contributed by atoms with Crippen molar-refractivity contribution in [3.8, 4) is 5.69 Å². The van der Waals surface area contributed by atoms with E-state index in [0.717, 1.165) is 46.7 Å². The zero-order valence-electron chi connectivity index (χ0n) is 19.1. The zero-order valence-corrected chi connectivity index (χ0v) is 20.8. The molecule has 8 heteroatoms. The summed E-state index contributed by atoms with van der Waals surface area (Å²) in [6.45, 7) is 3.97. The van der Waals surface area contributed by atoms with E-state index in [1.165, 1.54) is 30.3 Å². The monoisotopic (exact) mass is 495 g/mol. The van der Waals surface area contributed by atoms with E-state index in [0.29, 0.717) is 16.1 Å². The maximum absolute atomic E-state index is 13.7. The number of aromatic nitrogens is 2. The second-order valence-corrected chi connectivity index (χ2v) is 11.1. The third-order valence-corrected chi connectivity index (χ3v) is 8.80. The first kappa shape index (κ1) is 23.2. The number of halogens is 1. The van der Waals surface area contributed by atoms with Crippen molar-refractivity contribution >= 4 is 35.1 Å². The molecule has 34 heavy (non-hydrogen) atoms. The molecule has 0 radical (unpaired) electrons.